The average Bonchev–Trinajstić information content (AvgIpc) is 2.75. The Morgan fingerprint density at radius 1 is 1.20 bits per heavy atom. The zero-order chi connectivity index (χ0) is 14.1. The maximum Gasteiger partial charge on any atom is 0.256 e. The van der Waals surface area contributed by atoms with Gasteiger partial charge in [0.25, 0.3) is 5.91 Å². The van der Waals surface area contributed by atoms with Crippen LogP contribution < -0.4 is 10.1 Å². The van der Waals surface area contributed by atoms with E-state index in [1.807, 2.05) is 24.3 Å². The summed E-state index contributed by atoms with van der Waals surface area (Å²) in [5.41, 5.74) is 2.49. The molecular weight excluding hydrogens is 257 g/mol. The maximum absolute atomic E-state index is 13.3. The topological polar surface area (TPSA) is 38.3 Å². The van der Waals surface area contributed by atoms with Gasteiger partial charge in [-0.1, -0.05) is 12.1 Å². The van der Waals surface area contributed by atoms with Gasteiger partial charge in [0.1, 0.15) is 11.6 Å². The Hall–Kier alpha value is -2.62. The minimum absolute atomic E-state index is 0.228. The fourth-order valence-electron chi connectivity index (χ4n) is 2.20. The molecule has 3 nitrogen and oxygen atoms in total. The summed E-state index contributed by atoms with van der Waals surface area (Å²) in [6.07, 6.45) is 1.73. The van der Waals surface area contributed by atoms with Crippen molar-refractivity contribution in [1.82, 2.24) is 0 Å². The van der Waals surface area contributed by atoms with E-state index in [4.69, 9.17) is 4.74 Å². The fourth-order valence-corrected chi connectivity index (χ4v) is 2.20. The fraction of sp³-hybridized carbons (Fsp3) is 0.0625. The first-order chi connectivity index (χ1) is 9.67. The van der Waals surface area contributed by atoms with Crippen LogP contribution in [0, 0.1) is 5.82 Å². The first-order valence-electron chi connectivity index (χ1n) is 6.14. The third kappa shape index (κ3) is 2.16. The van der Waals surface area contributed by atoms with Gasteiger partial charge in [-0.2, -0.15) is 0 Å². The number of benzene rings is 2. The number of methoxy groups -OCH3 is 1. The van der Waals surface area contributed by atoms with Crippen LogP contribution in [-0.2, 0) is 4.79 Å². The van der Waals surface area contributed by atoms with Crippen LogP contribution in [-0.4, -0.2) is 13.0 Å². The molecule has 0 bridgehead atoms. The molecule has 1 aliphatic rings. The third-order valence-electron chi connectivity index (χ3n) is 3.17. The lowest BCUT2D eigenvalue weighted by atomic mass is 10.0. The van der Waals surface area contributed by atoms with Gasteiger partial charge in [0, 0.05) is 16.8 Å². The minimum Gasteiger partial charge on any atom is -0.497 e. The van der Waals surface area contributed by atoms with Crippen molar-refractivity contribution in [3.8, 4) is 5.75 Å². The molecule has 0 unspecified atom stereocenters. The standard InChI is InChI=1S/C16H12FNO2/c1-20-12-4-2-3-10(7-12)8-14-13-9-11(17)5-6-15(13)18-16(14)19/h2-9H,1H3,(H,18,19)/b14-8+. The highest BCUT2D eigenvalue weighted by molar-refractivity contribution is 6.34. The molecule has 0 saturated carbocycles. The molecule has 3 rings (SSSR count). The molecule has 0 aliphatic carbocycles. The smallest absolute Gasteiger partial charge is 0.256 e. The van der Waals surface area contributed by atoms with E-state index in [1.54, 1.807) is 19.3 Å². The highest BCUT2D eigenvalue weighted by Crippen LogP contribution is 2.33. The Balaban J connectivity index is 2.08. The van der Waals surface area contributed by atoms with Crippen molar-refractivity contribution >= 4 is 23.2 Å². The second-order valence-electron chi connectivity index (χ2n) is 4.48. The van der Waals surface area contributed by atoms with E-state index in [2.05, 4.69) is 5.32 Å². The number of nitrogens with one attached hydrogen (secondary N) is 1. The summed E-state index contributed by atoms with van der Waals surface area (Å²) in [7, 11) is 1.58. The Labute approximate surface area is 115 Å². The highest BCUT2D eigenvalue weighted by Gasteiger charge is 2.24. The van der Waals surface area contributed by atoms with Crippen molar-refractivity contribution in [3.63, 3.8) is 0 Å². The Kier molecular flexibility index (Phi) is 2.99. The van der Waals surface area contributed by atoms with Crippen molar-refractivity contribution in [2.45, 2.75) is 0 Å². The van der Waals surface area contributed by atoms with E-state index in [0.29, 0.717) is 22.6 Å². The minimum atomic E-state index is -0.364. The molecule has 1 heterocycles. The molecule has 1 aliphatic heterocycles. The molecule has 0 saturated heterocycles. The Morgan fingerprint density at radius 2 is 2.05 bits per heavy atom. The molecule has 0 radical (unpaired) electrons. The lowest BCUT2D eigenvalue weighted by Crippen LogP contribution is -2.03. The van der Waals surface area contributed by atoms with E-state index in [0.717, 1.165) is 5.56 Å². The van der Waals surface area contributed by atoms with Gasteiger partial charge in [0.2, 0.25) is 0 Å². The molecule has 100 valence electrons. The molecule has 20 heavy (non-hydrogen) atoms. The van der Waals surface area contributed by atoms with Gasteiger partial charge in [-0.25, -0.2) is 4.39 Å². The van der Waals surface area contributed by atoms with E-state index in [1.165, 1.54) is 12.1 Å². The highest BCUT2D eigenvalue weighted by atomic mass is 19.1. The number of carbonyl (C=O) groups is 1. The molecule has 0 aromatic heterocycles. The molecule has 0 atom stereocenters. The quantitative estimate of drug-likeness (QED) is 0.849. The van der Waals surface area contributed by atoms with Crippen LogP contribution in [0.5, 0.6) is 5.75 Å². The average molecular weight is 269 g/mol. The number of anilines is 1. The van der Waals surface area contributed by atoms with Crippen LogP contribution in [0.3, 0.4) is 0 Å². The van der Waals surface area contributed by atoms with E-state index < -0.39 is 0 Å². The van der Waals surface area contributed by atoms with Gasteiger partial charge >= 0.3 is 0 Å². The number of ether oxygens (including phenoxy) is 1. The van der Waals surface area contributed by atoms with Gasteiger partial charge in [-0.15, -0.1) is 0 Å². The molecule has 2 aromatic rings. The summed E-state index contributed by atoms with van der Waals surface area (Å²) in [6.45, 7) is 0. The number of fused-ring (bicyclic) bond motifs is 1. The van der Waals surface area contributed by atoms with Crippen LogP contribution in [0.1, 0.15) is 11.1 Å². The van der Waals surface area contributed by atoms with E-state index in [-0.39, 0.29) is 11.7 Å². The zero-order valence-electron chi connectivity index (χ0n) is 10.8. The van der Waals surface area contributed by atoms with Gasteiger partial charge in [0.05, 0.1) is 7.11 Å². The summed E-state index contributed by atoms with van der Waals surface area (Å²) in [5.74, 6) is 0.113. The van der Waals surface area contributed by atoms with Gasteiger partial charge in [-0.3, -0.25) is 4.79 Å². The van der Waals surface area contributed by atoms with Gasteiger partial charge < -0.3 is 10.1 Å². The largest absolute Gasteiger partial charge is 0.497 e. The second-order valence-corrected chi connectivity index (χ2v) is 4.48. The van der Waals surface area contributed by atoms with Crippen LogP contribution in [0.25, 0.3) is 11.6 Å². The lowest BCUT2D eigenvalue weighted by molar-refractivity contribution is -0.110. The van der Waals surface area contributed by atoms with Crippen LogP contribution in [0.15, 0.2) is 42.5 Å². The summed E-state index contributed by atoms with van der Waals surface area (Å²) < 4.78 is 18.5. The molecule has 1 N–H and O–H groups in total. The SMILES string of the molecule is COc1cccc(/C=C2/C(=O)Nc3ccc(F)cc32)c1. The van der Waals surface area contributed by atoms with E-state index >= 15 is 0 Å². The second kappa shape index (κ2) is 4.81. The predicted octanol–water partition coefficient (Wildman–Crippen LogP) is 3.33. The lowest BCUT2D eigenvalue weighted by Gasteiger charge is -2.02. The normalized spacial score (nSPS) is 15.1. The van der Waals surface area contributed by atoms with Crippen molar-refractivity contribution < 1.29 is 13.9 Å². The molecule has 4 heteroatoms. The van der Waals surface area contributed by atoms with Crippen LogP contribution >= 0.6 is 0 Å². The predicted molar refractivity (Wildman–Crippen MR) is 75.9 cm³/mol. The first kappa shape index (κ1) is 12.4. The number of rotatable bonds is 2. The summed E-state index contributed by atoms with van der Waals surface area (Å²) in [4.78, 5) is 12.0. The molecule has 0 spiro atoms. The number of hydrogen-bond acceptors (Lipinski definition) is 2. The first-order valence-corrected chi connectivity index (χ1v) is 6.14. The molecular formula is C16H12FNO2. The molecule has 0 fully saturated rings. The van der Waals surface area contributed by atoms with Gasteiger partial charge in [-0.05, 0) is 42.0 Å². The molecule has 1 amide bonds. The number of carbonyl (C=O) groups excluding carboxylic acids is 1. The van der Waals surface area contributed by atoms with E-state index in [9.17, 15) is 9.18 Å². The zero-order valence-corrected chi connectivity index (χ0v) is 10.8. The van der Waals surface area contributed by atoms with Crippen LogP contribution in [0.4, 0.5) is 10.1 Å². The Morgan fingerprint density at radius 3 is 2.85 bits per heavy atom. The third-order valence-corrected chi connectivity index (χ3v) is 3.17. The molecule has 2 aromatic carbocycles. The summed E-state index contributed by atoms with van der Waals surface area (Å²) in [6, 6.07) is 11.6. The number of amides is 1. The number of halogens is 1. The van der Waals surface area contributed by atoms with Gasteiger partial charge in [0.15, 0.2) is 0 Å². The van der Waals surface area contributed by atoms with Crippen molar-refractivity contribution in [3.05, 3.63) is 59.4 Å². The summed E-state index contributed by atoms with van der Waals surface area (Å²) >= 11 is 0. The Bertz CT molecular complexity index is 722. The van der Waals surface area contributed by atoms with Crippen molar-refractivity contribution in [2.75, 3.05) is 12.4 Å². The van der Waals surface area contributed by atoms with Crippen molar-refractivity contribution in [2.24, 2.45) is 0 Å². The van der Waals surface area contributed by atoms with Crippen LogP contribution in [0.2, 0.25) is 0 Å². The summed E-state index contributed by atoms with van der Waals surface area (Å²) in [5, 5.41) is 2.72. The maximum atomic E-state index is 13.3. The van der Waals surface area contributed by atoms with Crippen molar-refractivity contribution in [1.29, 1.82) is 0 Å². The monoisotopic (exact) mass is 269 g/mol. The number of hydrogen-bond donors (Lipinski definition) is 1.